The smallest absolute Gasteiger partial charge is 0.0464 e. The van der Waals surface area contributed by atoms with E-state index >= 15 is 0 Å². The molecule has 0 amide bonds. The molecule has 1 heteroatoms. The van der Waals surface area contributed by atoms with E-state index in [1.807, 2.05) is 0 Å². The standard InChI is InChI=1S/C24H19N/c1-15-12-16(2)14-20(13-15)25-22-11-9-19-7-6-17-4-3-5-18-8-10-21(22)24(19)23(17)18/h3-14,25H,1-2H3. The van der Waals surface area contributed by atoms with Gasteiger partial charge < -0.3 is 5.32 Å². The number of aryl methyl sites for hydroxylation is 2. The van der Waals surface area contributed by atoms with Gasteiger partial charge in [-0.3, -0.25) is 0 Å². The minimum atomic E-state index is 1.15. The van der Waals surface area contributed by atoms with Crippen LogP contribution < -0.4 is 5.32 Å². The topological polar surface area (TPSA) is 12.0 Å². The van der Waals surface area contributed by atoms with Gasteiger partial charge in [0.25, 0.3) is 0 Å². The van der Waals surface area contributed by atoms with Crippen LogP contribution in [0.3, 0.4) is 0 Å². The van der Waals surface area contributed by atoms with E-state index in [-0.39, 0.29) is 0 Å². The average Bonchev–Trinajstić information content (AvgIpc) is 2.60. The van der Waals surface area contributed by atoms with E-state index in [0.717, 1.165) is 11.4 Å². The summed E-state index contributed by atoms with van der Waals surface area (Å²) in [5.74, 6) is 0. The summed E-state index contributed by atoms with van der Waals surface area (Å²) in [7, 11) is 0. The van der Waals surface area contributed by atoms with Crippen molar-refractivity contribution in [3.63, 3.8) is 0 Å². The average molecular weight is 321 g/mol. The normalized spacial score (nSPS) is 11.6. The lowest BCUT2D eigenvalue weighted by atomic mass is 9.93. The van der Waals surface area contributed by atoms with E-state index in [9.17, 15) is 0 Å². The van der Waals surface area contributed by atoms with E-state index < -0.39 is 0 Å². The van der Waals surface area contributed by atoms with Gasteiger partial charge in [-0.2, -0.15) is 0 Å². The maximum atomic E-state index is 3.64. The van der Waals surface area contributed by atoms with Crippen molar-refractivity contribution in [3.05, 3.63) is 83.9 Å². The highest BCUT2D eigenvalue weighted by Gasteiger charge is 2.10. The molecule has 0 fully saturated rings. The summed E-state index contributed by atoms with van der Waals surface area (Å²) in [6, 6.07) is 26.5. The second-order valence-electron chi connectivity index (χ2n) is 6.97. The van der Waals surface area contributed by atoms with Gasteiger partial charge in [-0.15, -0.1) is 0 Å². The molecule has 0 saturated carbocycles. The molecule has 1 nitrogen and oxygen atoms in total. The van der Waals surface area contributed by atoms with Gasteiger partial charge in [-0.05, 0) is 70.1 Å². The first-order valence-corrected chi connectivity index (χ1v) is 8.71. The molecule has 0 radical (unpaired) electrons. The number of rotatable bonds is 2. The number of hydrogen-bond acceptors (Lipinski definition) is 1. The summed E-state index contributed by atoms with van der Waals surface area (Å²) in [5, 5.41) is 11.5. The van der Waals surface area contributed by atoms with Crippen LogP contribution >= 0.6 is 0 Å². The van der Waals surface area contributed by atoms with Crippen molar-refractivity contribution in [2.24, 2.45) is 0 Å². The number of nitrogens with one attached hydrogen (secondary N) is 1. The highest BCUT2D eigenvalue weighted by Crippen LogP contribution is 2.38. The molecule has 0 aromatic heterocycles. The van der Waals surface area contributed by atoms with Crippen molar-refractivity contribution in [2.75, 3.05) is 5.32 Å². The Kier molecular flexibility index (Phi) is 2.98. The molecule has 120 valence electrons. The molecule has 0 heterocycles. The van der Waals surface area contributed by atoms with Crippen LogP contribution in [0.5, 0.6) is 0 Å². The van der Waals surface area contributed by atoms with Crippen LogP contribution in [-0.4, -0.2) is 0 Å². The lowest BCUT2D eigenvalue weighted by Gasteiger charge is -2.15. The Labute approximate surface area is 147 Å². The molecule has 5 rings (SSSR count). The number of anilines is 2. The van der Waals surface area contributed by atoms with Crippen LogP contribution in [0, 0.1) is 13.8 Å². The zero-order chi connectivity index (χ0) is 17.0. The lowest BCUT2D eigenvalue weighted by molar-refractivity contribution is 1.38. The second-order valence-corrected chi connectivity index (χ2v) is 6.97. The van der Waals surface area contributed by atoms with Crippen molar-refractivity contribution in [1.29, 1.82) is 0 Å². The largest absolute Gasteiger partial charge is 0.355 e. The van der Waals surface area contributed by atoms with Crippen LogP contribution in [0.1, 0.15) is 11.1 Å². The molecule has 0 aliphatic heterocycles. The molecule has 25 heavy (non-hydrogen) atoms. The van der Waals surface area contributed by atoms with Crippen LogP contribution in [0.4, 0.5) is 11.4 Å². The Balaban J connectivity index is 1.78. The minimum absolute atomic E-state index is 1.15. The van der Waals surface area contributed by atoms with Gasteiger partial charge in [0.15, 0.2) is 0 Å². The molecule has 0 aliphatic rings. The first-order chi connectivity index (χ1) is 12.2. The highest BCUT2D eigenvalue weighted by molar-refractivity contribution is 6.25. The molecule has 0 bridgehead atoms. The van der Waals surface area contributed by atoms with Crippen LogP contribution in [0.25, 0.3) is 32.3 Å². The molecule has 0 saturated heterocycles. The van der Waals surface area contributed by atoms with Gasteiger partial charge in [-0.25, -0.2) is 0 Å². The fourth-order valence-corrected chi connectivity index (χ4v) is 4.05. The third-order valence-corrected chi connectivity index (χ3v) is 5.03. The summed E-state index contributed by atoms with van der Waals surface area (Å²) < 4.78 is 0. The van der Waals surface area contributed by atoms with Gasteiger partial charge in [0.1, 0.15) is 0 Å². The van der Waals surface area contributed by atoms with Crippen molar-refractivity contribution < 1.29 is 0 Å². The first-order valence-electron chi connectivity index (χ1n) is 8.71. The molecule has 5 aromatic rings. The van der Waals surface area contributed by atoms with Gasteiger partial charge in [0, 0.05) is 16.8 Å². The van der Waals surface area contributed by atoms with E-state index in [1.54, 1.807) is 0 Å². The minimum Gasteiger partial charge on any atom is -0.355 e. The number of benzene rings is 5. The third kappa shape index (κ3) is 2.24. The molecular weight excluding hydrogens is 302 g/mol. The van der Waals surface area contributed by atoms with Gasteiger partial charge in [-0.1, -0.05) is 54.6 Å². The molecule has 0 spiro atoms. The van der Waals surface area contributed by atoms with Crippen molar-refractivity contribution in [3.8, 4) is 0 Å². The number of hydrogen-bond donors (Lipinski definition) is 1. The predicted octanol–water partition coefficient (Wildman–Crippen LogP) is 6.94. The van der Waals surface area contributed by atoms with Gasteiger partial charge in [0.05, 0.1) is 0 Å². The molecular formula is C24H19N. The van der Waals surface area contributed by atoms with Crippen LogP contribution in [0.2, 0.25) is 0 Å². The summed E-state index contributed by atoms with van der Waals surface area (Å²) in [5.41, 5.74) is 4.86. The fourth-order valence-electron chi connectivity index (χ4n) is 4.05. The Morgan fingerprint density at radius 3 is 1.92 bits per heavy atom. The lowest BCUT2D eigenvalue weighted by Crippen LogP contribution is -1.94. The summed E-state index contributed by atoms with van der Waals surface area (Å²) in [4.78, 5) is 0. The Hall–Kier alpha value is -3.06. The van der Waals surface area contributed by atoms with E-state index in [4.69, 9.17) is 0 Å². The molecule has 0 atom stereocenters. The van der Waals surface area contributed by atoms with E-state index in [2.05, 4.69) is 92.0 Å². The van der Waals surface area contributed by atoms with Crippen LogP contribution in [-0.2, 0) is 0 Å². The third-order valence-electron chi connectivity index (χ3n) is 5.03. The summed E-state index contributed by atoms with van der Waals surface area (Å²) in [6.07, 6.45) is 0. The van der Waals surface area contributed by atoms with Crippen molar-refractivity contribution in [2.45, 2.75) is 13.8 Å². The van der Waals surface area contributed by atoms with Gasteiger partial charge >= 0.3 is 0 Å². The molecule has 0 aliphatic carbocycles. The van der Waals surface area contributed by atoms with Crippen molar-refractivity contribution in [1.82, 2.24) is 0 Å². The molecule has 1 N–H and O–H groups in total. The Morgan fingerprint density at radius 1 is 0.600 bits per heavy atom. The zero-order valence-corrected chi connectivity index (χ0v) is 14.4. The predicted molar refractivity (Wildman–Crippen MR) is 109 cm³/mol. The molecule has 0 unspecified atom stereocenters. The maximum Gasteiger partial charge on any atom is 0.0464 e. The SMILES string of the molecule is Cc1cc(C)cc(Nc2ccc3ccc4cccc5ccc2c3c45)c1. The first kappa shape index (κ1) is 14.3. The Morgan fingerprint density at radius 2 is 1.20 bits per heavy atom. The van der Waals surface area contributed by atoms with Crippen molar-refractivity contribution >= 4 is 43.7 Å². The quantitative estimate of drug-likeness (QED) is 0.347. The summed E-state index contributed by atoms with van der Waals surface area (Å²) in [6.45, 7) is 4.28. The molecule has 5 aromatic carbocycles. The van der Waals surface area contributed by atoms with Gasteiger partial charge in [0.2, 0.25) is 0 Å². The monoisotopic (exact) mass is 321 g/mol. The van der Waals surface area contributed by atoms with E-state index in [1.165, 1.54) is 43.4 Å². The maximum absolute atomic E-state index is 3.64. The fraction of sp³-hybridized carbons (Fsp3) is 0.0833. The van der Waals surface area contributed by atoms with Crippen LogP contribution in [0.15, 0.2) is 72.8 Å². The zero-order valence-electron chi connectivity index (χ0n) is 14.4. The highest BCUT2D eigenvalue weighted by atomic mass is 14.9. The Bertz CT molecular complexity index is 1200. The summed E-state index contributed by atoms with van der Waals surface area (Å²) >= 11 is 0. The second kappa shape index (κ2) is 5.22. The van der Waals surface area contributed by atoms with E-state index in [0.29, 0.717) is 0 Å².